The lowest BCUT2D eigenvalue weighted by molar-refractivity contribution is 0.540. The molecule has 2 unspecified atom stereocenters. The maximum absolute atomic E-state index is 14.0. The molecule has 1 aliphatic heterocycles. The minimum absolute atomic E-state index is 0.206. The van der Waals surface area contributed by atoms with Gasteiger partial charge in [-0.25, -0.2) is 4.39 Å². The number of nitrogens with zero attached hydrogens (tertiary/aromatic N) is 1. The molecule has 2 aliphatic rings. The van der Waals surface area contributed by atoms with Crippen molar-refractivity contribution in [3.8, 4) is 0 Å². The van der Waals surface area contributed by atoms with E-state index in [9.17, 15) is 4.39 Å². The van der Waals surface area contributed by atoms with E-state index in [-0.39, 0.29) is 10.8 Å². The maximum Gasteiger partial charge on any atom is 0.147 e. The van der Waals surface area contributed by atoms with E-state index in [1.165, 1.54) is 25.3 Å². The number of thiocarbonyl (C=S) groups is 1. The van der Waals surface area contributed by atoms with Gasteiger partial charge in [0.25, 0.3) is 0 Å². The molecule has 2 atom stereocenters. The summed E-state index contributed by atoms with van der Waals surface area (Å²) in [6.45, 7) is 0.994. The minimum atomic E-state index is -0.206. The molecule has 3 rings (SSSR count). The molecule has 1 saturated heterocycles. The Kier molecular flexibility index (Phi) is 2.54. The predicted octanol–water partition coefficient (Wildman–Crippen LogP) is 2.45. The first-order valence-corrected chi connectivity index (χ1v) is 6.42. The van der Waals surface area contributed by atoms with E-state index in [4.69, 9.17) is 18.0 Å². The number of rotatable bonds is 2. The third-order valence-electron chi connectivity index (χ3n) is 3.95. The largest absolute Gasteiger partial charge is 0.389 e. The minimum Gasteiger partial charge on any atom is -0.389 e. The molecule has 0 spiro atoms. The number of piperidine rings is 1. The zero-order valence-electron chi connectivity index (χ0n) is 9.53. The van der Waals surface area contributed by atoms with Gasteiger partial charge in [-0.2, -0.15) is 0 Å². The molecular weight excluding hydrogens is 235 g/mol. The second-order valence-electron chi connectivity index (χ2n) is 5.02. The molecule has 0 aromatic heterocycles. The van der Waals surface area contributed by atoms with Crippen molar-refractivity contribution in [3.05, 3.63) is 29.6 Å². The fraction of sp³-hybridized carbons (Fsp3) is 0.462. The average molecular weight is 250 g/mol. The van der Waals surface area contributed by atoms with Gasteiger partial charge < -0.3 is 10.6 Å². The molecular formula is C13H15FN2S. The van der Waals surface area contributed by atoms with Crippen LogP contribution < -0.4 is 10.6 Å². The Hall–Kier alpha value is -1.16. The fourth-order valence-corrected chi connectivity index (χ4v) is 3.24. The molecule has 2 nitrogen and oxygen atoms in total. The van der Waals surface area contributed by atoms with E-state index in [2.05, 4.69) is 4.90 Å². The van der Waals surface area contributed by atoms with Crippen LogP contribution in [0.1, 0.15) is 24.8 Å². The van der Waals surface area contributed by atoms with Crippen LogP contribution in [0.25, 0.3) is 0 Å². The van der Waals surface area contributed by atoms with Crippen LogP contribution in [0, 0.1) is 11.7 Å². The Labute approximate surface area is 106 Å². The Balaban J connectivity index is 1.91. The Bertz CT molecular complexity index is 474. The zero-order valence-corrected chi connectivity index (χ0v) is 10.3. The number of nitrogens with two attached hydrogens (primary N) is 1. The molecule has 2 bridgehead atoms. The molecule has 0 amide bonds. The van der Waals surface area contributed by atoms with Crippen molar-refractivity contribution < 1.29 is 4.39 Å². The van der Waals surface area contributed by atoms with Crippen LogP contribution in [-0.4, -0.2) is 17.6 Å². The first-order chi connectivity index (χ1) is 8.15. The van der Waals surface area contributed by atoms with Crippen molar-refractivity contribution >= 4 is 22.9 Å². The third kappa shape index (κ3) is 1.80. The van der Waals surface area contributed by atoms with E-state index in [1.54, 1.807) is 0 Å². The highest BCUT2D eigenvalue weighted by molar-refractivity contribution is 7.80. The average Bonchev–Trinajstić information content (AvgIpc) is 2.90. The SMILES string of the molecule is NC(=S)c1ccc(N2CC3CCC2C3)c(F)c1. The van der Waals surface area contributed by atoms with Crippen LogP contribution in [0.4, 0.5) is 10.1 Å². The Morgan fingerprint density at radius 2 is 2.24 bits per heavy atom. The molecule has 1 heterocycles. The van der Waals surface area contributed by atoms with Crippen molar-refractivity contribution in [1.82, 2.24) is 0 Å². The van der Waals surface area contributed by atoms with Gasteiger partial charge in [-0.15, -0.1) is 0 Å². The number of benzene rings is 1. The summed E-state index contributed by atoms with van der Waals surface area (Å²) in [4.78, 5) is 2.45. The normalized spacial score (nSPS) is 26.5. The molecule has 90 valence electrons. The van der Waals surface area contributed by atoms with Crippen LogP contribution in [0.3, 0.4) is 0 Å². The van der Waals surface area contributed by atoms with Crippen LogP contribution >= 0.6 is 12.2 Å². The second kappa shape index (κ2) is 3.95. The monoisotopic (exact) mass is 250 g/mol. The van der Waals surface area contributed by atoms with Crippen LogP contribution in [-0.2, 0) is 0 Å². The zero-order chi connectivity index (χ0) is 12.0. The lowest BCUT2D eigenvalue weighted by Crippen LogP contribution is -2.32. The Morgan fingerprint density at radius 3 is 2.76 bits per heavy atom. The Morgan fingerprint density at radius 1 is 1.41 bits per heavy atom. The lowest BCUT2D eigenvalue weighted by atomic mass is 10.1. The highest BCUT2D eigenvalue weighted by Gasteiger charge is 2.38. The maximum atomic E-state index is 14.0. The van der Waals surface area contributed by atoms with Gasteiger partial charge in [0.2, 0.25) is 0 Å². The summed E-state index contributed by atoms with van der Waals surface area (Å²) in [5.74, 6) is 0.553. The van der Waals surface area contributed by atoms with Crippen molar-refractivity contribution in [1.29, 1.82) is 0 Å². The summed E-state index contributed by atoms with van der Waals surface area (Å²) >= 11 is 4.85. The molecule has 1 saturated carbocycles. The smallest absolute Gasteiger partial charge is 0.147 e. The number of halogens is 1. The van der Waals surface area contributed by atoms with Crippen LogP contribution in [0.15, 0.2) is 18.2 Å². The molecule has 2 N–H and O–H groups in total. The first kappa shape index (κ1) is 11.0. The molecule has 1 aromatic carbocycles. The van der Waals surface area contributed by atoms with E-state index in [0.29, 0.717) is 17.3 Å². The standard InChI is InChI=1S/C13H15FN2S/c14-11-6-9(13(15)17)2-4-12(11)16-7-8-1-3-10(16)5-8/h2,4,6,8,10H,1,3,5,7H2,(H2,15,17). The fourth-order valence-electron chi connectivity index (χ4n) is 3.11. The van der Waals surface area contributed by atoms with Crippen molar-refractivity contribution in [2.24, 2.45) is 11.7 Å². The number of hydrogen-bond acceptors (Lipinski definition) is 2. The van der Waals surface area contributed by atoms with Gasteiger partial charge in [-0.1, -0.05) is 12.2 Å². The van der Waals surface area contributed by atoms with Gasteiger partial charge in [0.05, 0.1) is 5.69 Å². The molecule has 17 heavy (non-hydrogen) atoms. The van der Waals surface area contributed by atoms with Gasteiger partial charge >= 0.3 is 0 Å². The van der Waals surface area contributed by atoms with Crippen LogP contribution in [0.2, 0.25) is 0 Å². The topological polar surface area (TPSA) is 29.3 Å². The summed E-state index contributed by atoms with van der Waals surface area (Å²) < 4.78 is 14.0. The van der Waals surface area contributed by atoms with Gasteiger partial charge in [-0.05, 0) is 43.4 Å². The molecule has 4 heteroatoms. The summed E-state index contributed by atoms with van der Waals surface area (Å²) in [7, 11) is 0. The van der Waals surface area contributed by atoms with Gasteiger partial charge in [-0.3, -0.25) is 0 Å². The summed E-state index contributed by atoms with van der Waals surface area (Å²) in [5.41, 5.74) is 6.81. The molecule has 1 aliphatic carbocycles. The quantitative estimate of drug-likeness (QED) is 0.818. The van der Waals surface area contributed by atoms with Crippen LogP contribution in [0.5, 0.6) is 0 Å². The summed E-state index contributed by atoms with van der Waals surface area (Å²) in [5, 5.41) is 0. The number of fused-ring (bicyclic) bond motifs is 2. The third-order valence-corrected chi connectivity index (χ3v) is 4.19. The van der Waals surface area contributed by atoms with Crippen molar-refractivity contribution in [2.45, 2.75) is 25.3 Å². The van der Waals surface area contributed by atoms with Crippen molar-refractivity contribution in [2.75, 3.05) is 11.4 Å². The van der Waals surface area contributed by atoms with Gasteiger partial charge in [0.15, 0.2) is 0 Å². The summed E-state index contributed by atoms with van der Waals surface area (Å²) in [6, 6.07) is 5.60. The van der Waals surface area contributed by atoms with Gasteiger partial charge in [0, 0.05) is 18.2 Å². The number of hydrogen-bond donors (Lipinski definition) is 1. The first-order valence-electron chi connectivity index (χ1n) is 6.01. The molecule has 1 aromatic rings. The van der Waals surface area contributed by atoms with E-state index in [1.807, 2.05) is 12.1 Å². The number of anilines is 1. The highest BCUT2D eigenvalue weighted by atomic mass is 32.1. The second-order valence-corrected chi connectivity index (χ2v) is 5.46. The lowest BCUT2D eigenvalue weighted by Gasteiger charge is -2.29. The molecule has 2 fully saturated rings. The summed E-state index contributed by atoms with van der Waals surface area (Å²) in [6.07, 6.45) is 3.71. The van der Waals surface area contributed by atoms with E-state index < -0.39 is 0 Å². The highest BCUT2D eigenvalue weighted by Crippen LogP contribution is 2.40. The van der Waals surface area contributed by atoms with E-state index >= 15 is 0 Å². The predicted molar refractivity (Wildman–Crippen MR) is 70.8 cm³/mol. The van der Waals surface area contributed by atoms with E-state index in [0.717, 1.165) is 12.5 Å². The van der Waals surface area contributed by atoms with Gasteiger partial charge in [0.1, 0.15) is 10.8 Å². The molecule has 0 radical (unpaired) electrons. The van der Waals surface area contributed by atoms with Crippen molar-refractivity contribution in [3.63, 3.8) is 0 Å².